The van der Waals surface area contributed by atoms with Crippen molar-refractivity contribution in [3.63, 3.8) is 0 Å². The first-order chi connectivity index (χ1) is 11.7. The van der Waals surface area contributed by atoms with Crippen LogP contribution in [0.5, 0.6) is 0 Å². The maximum atomic E-state index is 6.04. The third-order valence-electron chi connectivity index (χ3n) is 4.96. The molecule has 0 saturated carbocycles. The highest BCUT2D eigenvalue weighted by Gasteiger charge is 2.43. The molecular weight excluding hydrogens is 306 g/mol. The predicted octanol–water partition coefficient (Wildman–Crippen LogP) is 3.11. The van der Waals surface area contributed by atoms with E-state index in [0.717, 1.165) is 53.8 Å². The lowest BCUT2D eigenvalue weighted by Crippen LogP contribution is -2.45. The third-order valence-corrected chi connectivity index (χ3v) is 4.96. The second kappa shape index (κ2) is 5.16. The smallest absolute Gasteiger partial charge is 0.196 e. The Balaban J connectivity index is 1.49. The fourth-order valence-corrected chi connectivity index (χ4v) is 3.76. The molecule has 0 amide bonds. The normalized spacial score (nSPS) is 23.5. The second-order valence-corrected chi connectivity index (χ2v) is 6.61. The van der Waals surface area contributed by atoms with Gasteiger partial charge in [0.05, 0.1) is 12.7 Å². The lowest BCUT2D eigenvalue weighted by molar-refractivity contribution is -0.178. The number of hydrogen-bond acceptors (Lipinski definition) is 6. The molecule has 124 valence electrons. The molecule has 1 atom stereocenters. The molecule has 6 heteroatoms. The molecule has 6 nitrogen and oxygen atoms in total. The SMILES string of the molecule is C[C@H]1COC2(CCN(c3ncnc4c3oc3ccccc34)CC2)O1. The number of fused-ring (bicyclic) bond motifs is 3. The third kappa shape index (κ3) is 2.10. The summed E-state index contributed by atoms with van der Waals surface area (Å²) in [5.74, 6) is 0.452. The van der Waals surface area contributed by atoms with Crippen molar-refractivity contribution in [1.82, 2.24) is 9.97 Å². The van der Waals surface area contributed by atoms with E-state index in [4.69, 9.17) is 13.9 Å². The van der Waals surface area contributed by atoms with Crippen LogP contribution in [0.4, 0.5) is 5.82 Å². The average Bonchev–Trinajstić information content (AvgIpc) is 3.16. The maximum Gasteiger partial charge on any atom is 0.196 e. The second-order valence-electron chi connectivity index (χ2n) is 6.61. The lowest BCUT2D eigenvalue weighted by atomic mass is 10.0. The zero-order chi connectivity index (χ0) is 16.1. The van der Waals surface area contributed by atoms with Gasteiger partial charge in [-0.2, -0.15) is 0 Å². The van der Waals surface area contributed by atoms with Crippen LogP contribution < -0.4 is 4.90 Å². The molecule has 0 N–H and O–H groups in total. The molecule has 0 unspecified atom stereocenters. The maximum absolute atomic E-state index is 6.04. The summed E-state index contributed by atoms with van der Waals surface area (Å²) in [6.07, 6.45) is 3.47. The van der Waals surface area contributed by atoms with Gasteiger partial charge in [0.15, 0.2) is 17.2 Å². The van der Waals surface area contributed by atoms with E-state index in [0.29, 0.717) is 6.61 Å². The van der Waals surface area contributed by atoms with Crippen LogP contribution in [0.3, 0.4) is 0 Å². The monoisotopic (exact) mass is 325 g/mol. The predicted molar refractivity (Wildman–Crippen MR) is 90.0 cm³/mol. The highest BCUT2D eigenvalue weighted by molar-refractivity contribution is 6.05. The topological polar surface area (TPSA) is 60.6 Å². The largest absolute Gasteiger partial charge is 0.450 e. The minimum atomic E-state index is -0.407. The summed E-state index contributed by atoms with van der Waals surface area (Å²) >= 11 is 0. The van der Waals surface area contributed by atoms with Crippen molar-refractivity contribution in [3.8, 4) is 0 Å². The summed E-state index contributed by atoms with van der Waals surface area (Å²) in [6, 6.07) is 7.97. The Labute approximate surface area is 139 Å². The molecule has 4 heterocycles. The summed E-state index contributed by atoms with van der Waals surface area (Å²) in [4.78, 5) is 11.2. The molecule has 2 aliphatic heterocycles. The van der Waals surface area contributed by atoms with E-state index in [1.165, 1.54) is 0 Å². The molecule has 24 heavy (non-hydrogen) atoms. The molecule has 2 aromatic heterocycles. The highest BCUT2D eigenvalue weighted by Crippen LogP contribution is 2.37. The van der Waals surface area contributed by atoms with Gasteiger partial charge in [0.1, 0.15) is 17.4 Å². The molecule has 0 bridgehead atoms. The first-order valence-electron chi connectivity index (χ1n) is 8.43. The van der Waals surface area contributed by atoms with E-state index in [1.807, 2.05) is 24.3 Å². The number of piperidine rings is 1. The number of furan rings is 1. The van der Waals surface area contributed by atoms with Crippen molar-refractivity contribution < 1.29 is 13.9 Å². The molecule has 3 aromatic rings. The van der Waals surface area contributed by atoms with Crippen molar-refractivity contribution in [2.75, 3.05) is 24.6 Å². The summed E-state index contributed by atoms with van der Waals surface area (Å²) in [6.45, 7) is 4.40. The zero-order valence-corrected chi connectivity index (χ0v) is 13.6. The van der Waals surface area contributed by atoms with E-state index in [9.17, 15) is 0 Å². The number of rotatable bonds is 1. The van der Waals surface area contributed by atoms with Gasteiger partial charge in [-0.3, -0.25) is 0 Å². The molecule has 2 aliphatic rings. The molecule has 1 spiro atoms. The van der Waals surface area contributed by atoms with Crippen LogP contribution >= 0.6 is 0 Å². The Morgan fingerprint density at radius 1 is 1.17 bits per heavy atom. The molecule has 0 radical (unpaired) electrons. The Morgan fingerprint density at radius 2 is 2.00 bits per heavy atom. The Hall–Kier alpha value is -2.18. The van der Waals surface area contributed by atoms with E-state index >= 15 is 0 Å². The van der Waals surface area contributed by atoms with E-state index in [-0.39, 0.29) is 6.10 Å². The minimum Gasteiger partial charge on any atom is -0.450 e. The van der Waals surface area contributed by atoms with Crippen LogP contribution in [0.25, 0.3) is 22.1 Å². The van der Waals surface area contributed by atoms with Crippen molar-refractivity contribution in [2.45, 2.75) is 31.7 Å². The van der Waals surface area contributed by atoms with Crippen LogP contribution in [0.2, 0.25) is 0 Å². The Morgan fingerprint density at radius 3 is 2.79 bits per heavy atom. The van der Waals surface area contributed by atoms with Crippen molar-refractivity contribution in [1.29, 1.82) is 0 Å². The molecular formula is C18H19N3O3. The number of ether oxygens (including phenoxy) is 2. The number of nitrogens with zero attached hydrogens (tertiary/aromatic N) is 3. The molecule has 1 aromatic carbocycles. The van der Waals surface area contributed by atoms with Crippen molar-refractivity contribution in [2.24, 2.45) is 0 Å². The van der Waals surface area contributed by atoms with Gasteiger partial charge in [0.25, 0.3) is 0 Å². The fourth-order valence-electron chi connectivity index (χ4n) is 3.76. The average molecular weight is 325 g/mol. The fraction of sp³-hybridized carbons (Fsp3) is 0.444. The standard InChI is InChI=1S/C18H19N3O3/c1-12-10-22-18(24-12)6-8-21(9-7-18)17-16-15(19-11-20-17)13-4-2-3-5-14(13)23-16/h2-5,11-12H,6-10H2,1H3/t12-/m0/s1. The molecule has 2 fully saturated rings. The van der Waals surface area contributed by atoms with Gasteiger partial charge < -0.3 is 18.8 Å². The molecule has 0 aliphatic carbocycles. The zero-order valence-electron chi connectivity index (χ0n) is 13.6. The van der Waals surface area contributed by atoms with Gasteiger partial charge in [0, 0.05) is 31.3 Å². The van der Waals surface area contributed by atoms with E-state index in [1.54, 1.807) is 6.33 Å². The Bertz CT molecular complexity index is 899. The van der Waals surface area contributed by atoms with Gasteiger partial charge in [-0.25, -0.2) is 9.97 Å². The first-order valence-corrected chi connectivity index (χ1v) is 8.43. The lowest BCUT2D eigenvalue weighted by Gasteiger charge is -2.38. The Kier molecular flexibility index (Phi) is 3.05. The van der Waals surface area contributed by atoms with Gasteiger partial charge >= 0.3 is 0 Å². The van der Waals surface area contributed by atoms with Gasteiger partial charge in [-0.15, -0.1) is 0 Å². The quantitative estimate of drug-likeness (QED) is 0.685. The summed E-state index contributed by atoms with van der Waals surface area (Å²) in [7, 11) is 0. The van der Waals surface area contributed by atoms with Gasteiger partial charge in [-0.05, 0) is 19.1 Å². The minimum absolute atomic E-state index is 0.178. The van der Waals surface area contributed by atoms with Crippen LogP contribution in [-0.2, 0) is 9.47 Å². The number of anilines is 1. The van der Waals surface area contributed by atoms with Crippen LogP contribution in [-0.4, -0.2) is 41.6 Å². The van der Waals surface area contributed by atoms with Crippen LogP contribution in [0.1, 0.15) is 19.8 Å². The number of benzene rings is 1. The number of aromatic nitrogens is 2. The highest BCUT2D eigenvalue weighted by atomic mass is 16.7. The number of para-hydroxylation sites is 1. The van der Waals surface area contributed by atoms with Crippen LogP contribution in [0.15, 0.2) is 35.0 Å². The first kappa shape index (κ1) is 14.2. The molecule has 2 saturated heterocycles. The van der Waals surface area contributed by atoms with E-state index < -0.39 is 5.79 Å². The van der Waals surface area contributed by atoms with Gasteiger partial charge in [0.2, 0.25) is 0 Å². The van der Waals surface area contributed by atoms with Crippen LogP contribution in [0, 0.1) is 0 Å². The molecule has 5 rings (SSSR count). The summed E-state index contributed by atoms with van der Waals surface area (Å²) < 4.78 is 18.0. The van der Waals surface area contributed by atoms with Crippen molar-refractivity contribution >= 4 is 27.9 Å². The summed E-state index contributed by atoms with van der Waals surface area (Å²) in [5.41, 5.74) is 2.48. The number of hydrogen-bond donors (Lipinski definition) is 0. The van der Waals surface area contributed by atoms with Gasteiger partial charge in [-0.1, -0.05) is 12.1 Å². The van der Waals surface area contributed by atoms with Crippen molar-refractivity contribution in [3.05, 3.63) is 30.6 Å². The van der Waals surface area contributed by atoms with E-state index in [2.05, 4.69) is 21.8 Å². The summed E-state index contributed by atoms with van der Waals surface area (Å²) in [5, 5.41) is 1.03.